The van der Waals surface area contributed by atoms with Crippen LogP contribution in [-0.2, 0) is 0 Å². The first-order valence-corrected chi connectivity index (χ1v) is 7.46. The Kier molecular flexibility index (Phi) is 3.54. The van der Waals surface area contributed by atoms with Crippen LogP contribution in [0.2, 0.25) is 0 Å². The summed E-state index contributed by atoms with van der Waals surface area (Å²) >= 11 is 1.10. The maximum Gasteiger partial charge on any atom is 0.396 e. The molecule has 1 aliphatic heterocycles. The van der Waals surface area contributed by atoms with Crippen molar-refractivity contribution in [2.45, 2.75) is 12.5 Å². The average molecular weight is 294 g/mol. The maximum atomic E-state index is 11.4. The van der Waals surface area contributed by atoms with Crippen LogP contribution in [0.25, 0.3) is 10.3 Å². The SMILES string of the molecule is COc1cc2sc(=O)oc2cc1C1CC(CN)CN1C. The molecule has 2 heterocycles. The Labute approximate surface area is 120 Å². The van der Waals surface area contributed by atoms with Crippen LogP contribution >= 0.6 is 11.3 Å². The highest BCUT2D eigenvalue weighted by molar-refractivity contribution is 7.16. The standard InChI is InChI=1S/C14H18N2O3S/c1-16-7-8(6-15)3-10(16)9-4-12-13(5-11(9)18-2)20-14(17)19-12/h4-5,8,10H,3,6-7,15H2,1-2H3. The lowest BCUT2D eigenvalue weighted by Gasteiger charge is -2.21. The molecule has 0 bridgehead atoms. The summed E-state index contributed by atoms with van der Waals surface area (Å²) in [7, 11) is 3.75. The molecule has 2 atom stereocenters. The molecule has 6 heteroatoms. The quantitative estimate of drug-likeness (QED) is 0.935. The number of nitrogens with two attached hydrogens (primary N) is 1. The van der Waals surface area contributed by atoms with Crippen LogP contribution in [0.4, 0.5) is 0 Å². The second-order valence-corrected chi connectivity index (χ2v) is 6.27. The lowest BCUT2D eigenvalue weighted by Crippen LogP contribution is -2.20. The first-order chi connectivity index (χ1) is 9.62. The van der Waals surface area contributed by atoms with E-state index in [2.05, 4.69) is 11.9 Å². The third kappa shape index (κ3) is 2.24. The van der Waals surface area contributed by atoms with Gasteiger partial charge in [-0.1, -0.05) is 11.3 Å². The first kappa shape index (κ1) is 13.6. The lowest BCUT2D eigenvalue weighted by molar-refractivity contribution is 0.303. The molecule has 2 N–H and O–H groups in total. The molecule has 0 aliphatic carbocycles. The van der Waals surface area contributed by atoms with Gasteiger partial charge in [0, 0.05) is 24.2 Å². The summed E-state index contributed by atoms with van der Waals surface area (Å²) in [6.07, 6.45) is 1.00. The molecular formula is C14H18N2O3S. The first-order valence-electron chi connectivity index (χ1n) is 6.64. The minimum atomic E-state index is -0.279. The fourth-order valence-corrected chi connectivity index (χ4v) is 3.67. The van der Waals surface area contributed by atoms with E-state index in [4.69, 9.17) is 14.9 Å². The van der Waals surface area contributed by atoms with Gasteiger partial charge < -0.3 is 14.9 Å². The molecule has 0 amide bonds. The number of nitrogens with zero attached hydrogens (tertiary/aromatic N) is 1. The molecule has 0 saturated carbocycles. The van der Waals surface area contributed by atoms with Crippen molar-refractivity contribution >= 4 is 21.6 Å². The minimum Gasteiger partial charge on any atom is -0.496 e. The highest BCUT2D eigenvalue weighted by Crippen LogP contribution is 2.40. The van der Waals surface area contributed by atoms with Crippen molar-refractivity contribution in [2.75, 3.05) is 27.2 Å². The topological polar surface area (TPSA) is 68.7 Å². The van der Waals surface area contributed by atoms with Crippen molar-refractivity contribution in [3.63, 3.8) is 0 Å². The van der Waals surface area contributed by atoms with Gasteiger partial charge >= 0.3 is 4.94 Å². The van der Waals surface area contributed by atoms with E-state index in [9.17, 15) is 4.79 Å². The molecule has 0 radical (unpaired) electrons. The van der Waals surface area contributed by atoms with E-state index in [1.54, 1.807) is 7.11 Å². The zero-order valence-electron chi connectivity index (χ0n) is 11.6. The number of methoxy groups -OCH3 is 1. The smallest absolute Gasteiger partial charge is 0.396 e. The maximum absolute atomic E-state index is 11.4. The van der Waals surface area contributed by atoms with E-state index in [0.29, 0.717) is 18.0 Å². The Bertz CT molecular complexity index is 679. The molecule has 3 rings (SSSR count). The summed E-state index contributed by atoms with van der Waals surface area (Å²) < 4.78 is 11.5. The Balaban J connectivity index is 2.07. The van der Waals surface area contributed by atoms with Crippen molar-refractivity contribution in [2.24, 2.45) is 11.7 Å². The highest BCUT2D eigenvalue weighted by atomic mass is 32.1. The van der Waals surface area contributed by atoms with E-state index >= 15 is 0 Å². The van der Waals surface area contributed by atoms with Crippen LogP contribution in [0.3, 0.4) is 0 Å². The van der Waals surface area contributed by atoms with E-state index in [-0.39, 0.29) is 11.0 Å². The van der Waals surface area contributed by atoms with Crippen LogP contribution in [0.5, 0.6) is 5.75 Å². The predicted octanol–water partition coefficient (Wildman–Crippen LogP) is 1.81. The summed E-state index contributed by atoms with van der Waals surface area (Å²) in [5.74, 6) is 1.31. The molecule has 1 aliphatic rings. The molecule has 1 aromatic carbocycles. The lowest BCUT2D eigenvalue weighted by atomic mass is 9.99. The second-order valence-electron chi connectivity index (χ2n) is 5.29. The van der Waals surface area contributed by atoms with Gasteiger partial charge in [0.25, 0.3) is 0 Å². The van der Waals surface area contributed by atoms with Crippen LogP contribution in [0.15, 0.2) is 21.3 Å². The van der Waals surface area contributed by atoms with Gasteiger partial charge in [0.15, 0.2) is 0 Å². The third-order valence-electron chi connectivity index (χ3n) is 4.01. The van der Waals surface area contributed by atoms with Crippen molar-refractivity contribution in [1.82, 2.24) is 4.90 Å². The summed E-state index contributed by atoms with van der Waals surface area (Å²) in [6.45, 7) is 1.68. The Hall–Kier alpha value is -1.37. The van der Waals surface area contributed by atoms with Gasteiger partial charge in [0.1, 0.15) is 11.3 Å². The van der Waals surface area contributed by atoms with Crippen LogP contribution < -0.4 is 15.4 Å². The van der Waals surface area contributed by atoms with Crippen molar-refractivity contribution in [3.8, 4) is 5.75 Å². The predicted molar refractivity (Wildman–Crippen MR) is 79.4 cm³/mol. The fourth-order valence-electron chi connectivity index (χ4n) is 2.99. The Morgan fingerprint density at radius 3 is 3.00 bits per heavy atom. The normalized spacial score (nSPS) is 23.6. The molecule has 2 unspecified atom stereocenters. The van der Waals surface area contributed by atoms with E-state index in [1.165, 1.54) is 0 Å². The zero-order chi connectivity index (χ0) is 14.3. The van der Waals surface area contributed by atoms with Gasteiger partial charge in [-0.2, -0.15) is 0 Å². The number of benzene rings is 1. The number of ether oxygens (including phenoxy) is 1. The number of fused-ring (bicyclic) bond motifs is 1. The highest BCUT2D eigenvalue weighted by Gasteiger charge is 2.32. The third-order valence-corrected chi connectivity index (χ3v) is 4.80. The van der Waals surface area contributed by atoms with Gasteiger partial charge in [-0.15, -0.1) is 0 Å². The van der Waals surface area contributed by atoms with Gasteiger partial charge in [0.05, 0.1) is 11.8 Å². The molecule has 5 nitrogen and oxygen atoms in total. The van der Waals surface area contributed by atoms with Crippen LogP contribution in [0.1, 0.15) is 18.0 Å². The number of hydrogen-bond acceptors (Lipinski definition) is 6. The van der Waals surface area contributed by atoms with Crippen LogP contribution in [-0.4, -0.2) is 32.1 Å². The molecule has 1 saturated heterocycles. The second kappa shape index (κ2) is 5.20. The van der Waals surface area contributed by atoms with Crippen molar-refractivity contribution < 1.29 is 9.15 Å². The van der Waals surface area contributed by atoms with Gasteiger partial charge in [-0.05, 0) is 32.0 Å². The van der Waals surface area contributed by atoms with Gasteiger partial charge in [-0.25, -0.2) is 4.79 Å². The Morgan fingerprint density at radius 2 is 2.35 bits per heavy atom. The molecule has 0 spiro atoms. The van der Waals surface area contributed by atoms with Crippen LogP contribution in [0, 0.1) is 5.92 Å². The summed E-state index contributed by atoms with van der Waals surface area (Å²) in [5.41, 5.74) is 7.49. The van der Waals surface area contributed by atoms with E-state index in [0.717, 1.165) is 40.3 Å². The zero-order valence-corrected chi connectivity index (χ0v) is 12.4. The average Bonchev–Trinajstić information content (AvgIpc) is 2.98. The molecular weight excluding hydrogens is 276 g/mol. The van der Waals surface area contributed by atoms with E-state index in [1.807, 2.05) is 12.1 Å². The number of likely N-dealkylation sites (tertiary alicyclic amines) is 1. The summed E-state index contributed by atoms with van der Waals surface area (Å²) in [6, 6.07) is 4.09. The number of hydrogen-bond donors (Lipinski definition) is 1. The van der Waals surface area contributed by atoms with Crippen molar-refractivity contribution in [3.05, 3.63) is 27.4 Å². The van der Waals surface area contributed by atoms with Crippen molar-refractivity contribution in [1.29, 1.82) is 0 Å². The molecule has 20 heavy (non-hydrogen) atoms. The molecule has 1 fully saturated rings. The largest absolute Gasteiger partial charge is 0.496 e. The van der Waals surface area contributed by atoms with E-state index < -0.39 is 0 Å². The summed E-state index contributed by atoms with van der Waals surface area (Å²) in [5, 5.41) is 0. The molecule has 2 aromatic rings. The minimum absolute atomic E-state index is 0.258. The molecule has 108 valence electrons. The van der Waals surface area contributed by atoms with Gasteiger partial charge in [-0.3, -0.25) is 4.90 Å². The fraction of sp³-hybridized carbons (Fsp3) is 0.500. The molecule has 1 aromatic heterocycles. The Morgan fingerprint density at radius 1 is 1.55 bits per heavy atom. The van der Waals surface area contributed by atoms with Gasteiger partial charge in [0.2, 0.25) is 0 Å². The number of rotatable bonds is 3. The monoisotopic (exact) mass is 294 g/mol. The summed E-state index contributed by atoms with van der Waals surface area (Å²) in [4.78, 5) is 13.4.